The number of rotatable bonds is 2. The quantitative estimate of drug-likeness (QED) is 0.682. The molecule has 0 unspecified atom stereocenters. The number of aryl methyl sites for hydroxylation is 2. The Bertz CT molecular complexity index is 379. The molecule has 2 N–H and O–H groups in total. The number of nitrogens with two attached hydrogens (primary N) is 1. The minimum absolute atomic E-state index is 0.162. The molecule has 0 bridgehead atoms. The highest BCUT2D eigenvalue weighted by Crippen LogP contribution is 2.04. The van der Waals surface area contributed by atoms with Crippen LogP contribution in [0.15, 0.2) is 6.07 Å². The highest BCUT2D eigenvalue weighted by Gasteiger charge is 2.09. The first-order valence-electron chi connectivity index (χ1n) is 3.38. The van der Waals surface area contributed by atoms with Crippen molar-refractivity contribution in [2.75, 3.05) is 0 Å². The van der Waals surface area contributed by atoms with Gasteiger partial charge in [0.2, 0.25) is 10.0 Å². The lowest BCUT2D eigenvalue weighted by atomic mass is 10.4. The molecular formula is C6H11N3O2S. The fourth-order valence-corrected chi connectivity index (χ4v) is 1.69. The lowest BCUT2D eigenvalue weighted by molar-refractivity contribution is 0.593. The van der Waals surface area contributed by atoms with Gasteiger partial charge in [0.25, 0.3) is 0 Å². The van der Waals surface area contributed by atoms with E-state index in [0.717, 1.165) is 5.69 Å². The van der Waals surface area contributed by atoms with E-state index in [9.17, 15) is 8.42 Å². The smallest absolute Gasteiger partial charge is 0.214 e. The number of aromatic nitrogens is 2. The average Bonchev–Trinajstić information content (AvgIpc) is 2.06. The van der Waals surface area contributed by atoms with Crippen LogP contribution in [-0.4, -0.2) is 18.2 Å². The Kier molecular flexibility index (Phi) is 2.20. The van der Waals surface area contributed by atoms with Crippen molar-refractivity contribution in [3.05, 3.63) is 17.5 Å². The van der Waals surface area contributed by atoms with E-state index in [4.69, 9.17) is 5.14 Å². The fourth-order valence-electron chi connectivity index (χ4n) is 1.01. The summed E-state index contributed by atoms with van der Waals surface area (Å²) in [5.41, 5.74) is 1.39. The summed E-state index contributed by atoms with van der Waals surface area (Å²) < 4.78 is 22.9. The Labute approximate surface area is 71.2 Å². The maximum atomic E-state index is 10.7. The molecule has 0 amide bonds. The van der Waals surface area contributed by atoms with Crippen LogP contribution in [-0.2, 0) is 22.8 Å². The normalized spacial score (nSPS) is 11.9. The number of primary sulfonamides is 1. The molecule has 0 aromatic carbocycles. The third-order valence-corrected chi connectivity index (χ3v) is 2.15. The molecule has 1 heterocycles. The maximum absolute atomic E-state index is 10.7. The largest absolute Gasteiger partial charge is 0.271 e. The van der Waals surface area contributed by atoms with Gasteiger partial charge in [-0.05, 0) is 13.0 Å². The highest BCUT2D eigenvalue weighted by atomic mass is 32.2. The van der Waals surface area contributed by atoms with Gasteiger partial charge in [0.15, 0.2) is 0 Å². The van der Waals surface area contributed by atoms with E-state index in [1.54, 1.807) is 20.0 Å². The van der Waals surface area contributed by atoms with Crippen LogP contribution in [0.4, 0.5) is 0 Å². The number of hydrogen-bond acceptors (Lipinski definition) is 3. The summed E-state index contributed by atoms with van der Waals surface area (Å²) in [6.45, 7) is 1.80. The van der Waals surface area contributed by atoms with Crippen molar-refractivity contribution in [1.82, 2.24) is 9.78 Å². The molecule has 0 aliphatic heterocycles. The highest BCUT2D eigenvalue weighted by molar-refractivity contribution is 7.88. The number of hydrogen-bond donors (Lipinski definition) is 1. The van der Waals surface area contributed by atoms with Crippen LogP contribution < -0.4 is 5.14 Å². The molecule has 0 fully saturated rings. The summed E-state index contributed by atoms with van der Waals surface area (Å²) in [7, 11) is -1.76. The summed E-state index contributed by atoms with van der Waals surface area (Å²) in [4.78, 5) is 0. The van der Waals surface area contributed by atoms with Gasteiger partial charge in [-0.2, -0.15) is 5.10 Å². The summed E-state index contributed by atoms with van der Waals surface area (Å²) in [5, 5.41) is 8.87. The van der Waals surface area contributed by atoms with Crippen LogP contribution in [0.2, 0.25) is 0 Å². The van der Waals surface area contributed by atoms with Crippen molar-refractivity contribution in [1.29, 1.82) is 0 Å². The second-order valence-electron chi connectivity index (χ2n) is 2.71. The van der Waals surface area contributed by atoms with Gasteiger partial charge < -0.3 is 0 Å². The Hall–Kier alpha value is -0.880. The van der Waals surface area contributed by atoms with Crippen molar-refractivity contribution in [2.24, 2.45) is 12.2 Å². The molecule has 0 saturated carbocycles. The molecular weight excluding hydrogens is 178 g/mol. The van der Waals surface area contributed by atoms with Gasteiger partial charge in [0, 0.05) is 7.05 Å². The molecule has 0 saturated heterocycles. The summed E-state index contributed by atoms with van der Waals surface area (Å²) in [5.74, 6) is -0.162. The molecule has 12 heavy (non-hydrogen) atoms. The number of sulfonamides is 1. The molecule has 68 valence electrons. The molecule has 5 nitrogen and oxygen atoms in total. The van der Waals surface area contributed by atoms with E-state index in [-0.39, 0.29) is 5.75 Å². The van der Waals surface area contributed by atoms with E-state index >= 15 is 0 Å². The van der Waals surface area contributed by atoms with Crippen LogP contribution >= 0.6 is 0 Å². The van der Waals surface area contributed by atoms with E-state index < -0.39 is 10.0 Å². The summed E-state index contributed by atoms with van der Waals surface area (Å²) >= 11 is 0. The zero-order valence-electron chi connectivity index (χ0n) is 6.98. The first-order valence-corrected chi connectivity index (χ1v) is 5.10. The zero-order chi connectivity index (χ0) is 9.35. The van der Waals surface area contributed by atoms with Gasteiger partial charge in [0.1, 0.15) is 5.75 Å². The van der Waals surface area contributed by atoms with Crippen molar-refractivity contribution in [3.8, 4) is 0 Å². The lowest BCUT2D eigenvalue weighted by Crippen LogP contribution is -2.16. The molecule has 1 aromatic rings. The fraction of sp³-hybridized carbons (Fsp3) is 0.500. The van der Waals surface area contributed by atoms with E-state index in [2.05, 4.69) is 5.10 Å². The first-order chi connectivity index (χ1) is 5.38. The monoisotopic (exact) mass is 189 g/mol. The number of nitrogens with zero attached hydrogens (tertiary/aromatic N) is 2. The van der Waals surface area contributed by atoms with Crippen molar-refractivity contribution < 1.29 is 8.42 Å². The Balaban J connectivity index is 2.97. The SMILES string of the molecule is Cc1cc(CS(N)(=O)=O)n(C)n1. The molecule has 1 rings (SSSR count). The second-order valence-corrected chi connectivity index (χ2v) is 4.32. The predicted molar refractivity (Wildman–Crippen MR) is 44.8 cm³/mol. The average molecular weight is 189 g/mol. The summed E-state index contributed by atoms with van der Waals surface area (Å²) in [6.07, 6.45) is 0. The first kappa shape index (κ1) is 9.21. The Morgan fingerprint density at radius 3 is 2.58 bits per heavy atom. The Morgan fingerprint density at radius 1 is 1.67 bits per heavy atom. The van der Waals surface area contributed by atoms with Crippen molar-refractivity contribution in [2.45, 2.75) is 12.7 Å². The van der Waals surface area contributed by atoms with Gasteiger partial charge >= 0.3 is 0 Å². The van der Waals surface area contributed by atoms with Crippen molar-refractivity contribution >= 4 is 10.0 Å². The molecule has 0 spiro atoms. The van der Waals surface area contributed by atoms with E-state index in [1.807, 2.05) is 0 Å². The second kappa shape index (κ2) is 2.87. The van der Waals surface area contributed by atoms with Gasteiger partial charge in [-0.25, -0.2) is 13.6 Å². The molecule has 1 aromatic heterocycles. The third-order valence-electron chi connectivity index (χ3n) is 1.45. The van der Waals surface area contributed by atoms with Crippen molar-refractivity contribution in [3.63, 3.8) is 0 Å². The minimum Gasteiger partial charge on any atom is -0.271 e. The summed E-state index contributed by atoms with van der Waals surface area (Å²) in [6, 6.07) is 1.70. The van der Waals surface area contributed by atoms with Gasteiger partial charge in [0.05, 0.1) is 11.4 Å². The third kappa shape index (κ3) is 2.31. The standard InChI is InChI=1S/C6H11N3O2S/c1-5-3-6(9(2)8-5)4-12(7,10)11/h3H,4H2,1-2H3,(H2,7,10,11). The predicted octanol–water partition coefficient (Wildman–Crippen LogP) is -0.483. The van der Waals surface area contributed by atoms with E-state index in [0.29, 0.717) is 5.69 Å². The van der Waals surface area contributed by atoms with Gasteiger partial charge in [-0.15, -0.1) is 0 Å². The zero-order valence-corrected chi connectivity index (χ0v) is 7.80. The lowest BCUT2D eigenvalue weighted by Gasteiger charge is -1.97. The topological polar surface area (TPSA) is 78.0 Å². The Morgan fingerprint density at radius 2 is 2.25 bits per heavy atom. The molecule has 6 heteroatoms. The van der Waals surface area contributed by atoms with Gasteiger partial charge in [-0.3, -0.25) is 4.68 Å². The molecule has 0 radical (unpaired) electrons. The van der Waals surface area contributed by atoms with Crippen LogP contribution in [0, 0.1) is 6.92 Å². The molecule has 0 aliphatic rings. The van der Waals surface area contributed by atoms with Crippen LogP contribution in [0.3, 0.4) is 0 Å². The van der Waals surface area contributed by atoms with Gasteiger partial charge in [-0.1, -0.05) is 0 Å². The molecule has 0 atom stereocenters. The molecule has 0 aliphatic carbocycles. The van der Waals surface area contributed by atoms with Crippen LogP contribution in [0.25, 0.3) is 0 Å². The van der Waals surface area contributed by atoms with Crippen LogP contribution in [0.5, 0.6) is 0 Å². The minimum atomic E-state index is -3.45. The van der Waals surface area contributed by atoms with E-state index in [1.165, 1.54) is 4.68 Å². The van der Waals surface area contributed by atoms with Crippen LogP contribution in [0.1, 0.15) is 11.4 Å². The maximum Gasteiger partial charge on any atom is 0.214 e.